The molecule has 6 heteroatoms. The summed E-state index contributed by atoms with van der Waals surface area (Å²) in [6.07, 6.45) is 3.85. The lowest BCUT2D eigenvalue weighted by Crippen LogP contribution is -2.37. The highest BCUT2D eigenvalue weighted by molar-refractivity contribution is 6.00. The Bertz CT molecular complexity index is 802. The van der Waals surface area contributed by atoms with Gasteiger partial charge in [-0.3, -0.25) is 14.6 Å². The van der Waals surface area contributed by atoms with Crippen molar-refractivity contribution in [2.24, 2.45) is 5.92 Å². The molecule has 0 N–H and O–H groups in total. The molecule has 0 unspecified atom stereocenters. The highest BCUT2D eigenvalue weighted by Crippen LogP contribution is 2.26. The minimum absolute atomic E-state index is 0.0452. The van der Waals surface area contributed by atoms with E-state index in [4.69, 9.17) is 5.26 Å². The van der Waals surface area contributed by atoms with E-state index in [1.165, 1.54) is 0 Å². The van der Waals surface area contributed by atoms with Gasteiger partial charge in [0.15, 0.2) is 0 Å². The van der Waals surface area contributed by atoms with Crippen LogP contribution in [0.3, 0.4) is 0 Å². The summed E-state index contributed by atoms with van der Waals surface area (Å²) in [5.41, 5.74) is 1.71. The fourth-order valence-corrected chi connectivity index (χ4v) is 3.15. The van der Waals surface area contributed by atoms with Gasteiger partial charge in [-0.05, 0) is 23.8 Å². The summed E-state index contributed by atoms with van der Waals surface area (Å²) in [7, 11) is 0. The van der Waals surface area contributed by atoms with Crippen LogP contribution in [0.5, 0.6) is 0 Å². The van der Waals surface area contributed by atoms with E-state index in [0.717, 1.165) is 11.3 Å². The van der Waals surface area contributed by atoms with E-state index in [1.807, 2.05) is 42.5 Å². The van der Waals surface area contributed by atoms with Crippen molar-refractivity contribution in [3.63, 3.8) is 0 Å². The smallest absolute Gasteiger partial charge is 0.228 e. The van der Waals surface area contributed by atoms with Gasteiger partial charge < -0.3 is 9.80 Å². The first-order valence-electron chi connectivity index (χ1n) is 8.59. The third-order valence-corrected chi connectivity index (χ3v) is 4.44. The number of anilines is 1. The Balaban J connectivity index is 1.72. The molecule has 2 heterocycles. The molecule has 3 rings (SSSR count). The number of rotatable bonds is 6. The topological polar surface area (TPSA) is 77.3 Å². The molecule has 26 heavy (non-hydrogen) atoms. The molecule has 6 nitrogen and oxygen atoms in total. The summed E-state index contributed by atoms with van der Waals surface area (Å²) in [4.78, 5) is 32.8. The maximum absolute atomic E-state index is 13.0. The van der Waals surface area contributed by atoms with Gasteiger partial charge in [-0.2, -0.15) is 5.26 Å². The molecule has 0 bridgehead atoms. The highest BCUT2D eigenvalue weighted by Gasteiger charge is 2.37. The van der Waals surface area contributed by atoms with E-state index < -0.39 is 5.92 Å². The number of hydrogen-bond donors (Lipinski definition) is 0. The number of carbonyl (C=O) groups excluding carboxylic acids is 2. The number of aromatic nitrogens is 1. The zero-order chi connectivity index (χ0) is 18.4. The molecule has 1 fully saturated rings. The Labute approximate surface area is 152 Å². The second kappa shape index (κ2) is 8.26. The van der Waals surface area contributed by atoms with E-state index in [-0.39, 0.29) is 24.7 Å². The van der Waals surface area contributed by atoms with Crippen LogP contribution >= 0.6 is 0 Å². The van der Waals surface area contributed by atoms with Crippen molar-refractivity contribution in [1.82, 2.24) is 9.88 Å². The SMILES string of the molecule is N#CCCN(Cc1cccnc1)C(=O)[C@@H]1CC(=O)N(c2ccccc2)C1. The molecular formula is C20H20N4O2. The number of carbonyl (C=O) groups is 2. The molecule has 1 saturated heterocycles. The Hall–Kier alpha value is -3.20. The lowest BCUT2D eigenvalue weighted by Gasteiger charge is -2.25. The van der Waals surface area contributed by atoms with Crippen molar-refractivity contribution >= 4 is 17.5 Å². The normalized spacial score (nSPS) is 16.3. The third-order valence-electron chi connectivity index (χ3n) is 4.44. The van der Waals surface area contributed by atoms with Crippen LogP contribution in [0.2, 0.25) is 0 Å². The average Bonchev–Trinajstić information content (AvgIpc) is 3.08. The van der Waals surface area contributed by atoms with E-state index >= 15 is 0 Å². The van der Waals surface area contributed by atoms with Crippen LogP contribution in [0.25, 0.3) is 0 Å². The fraction of sp³-hybridized carbons (Fsp3) is 0.300. The first kappa shape index (κ1) is 17.6. The van der Waals surface area contributed by atoms with Gasteiger partial charge in [0.1, 0.15) is 0 Å². The molecule has 0 spiro atoms. The number of pyridine rings is 1. The van der Waals surface area contributed by atoms with Crippen molar-refractivity contribution < 1.29 is 9.59 Å². The summed E-state index contributed by atoms with van der Waals surface area (Å²) in [6, 6.07) is 15.2. The second-order valence-electron chi connectivity index (χ2n) is 6.27. The van der Waals surface area contributed by atoms with Crippen molar-refractivity contribution in [2.45, 2.75) is 19.4 Å². The maximum Gasteiger partial charge on any atom is 0.228 e. The van der Waals surface area contributed by atoms with E-state index in [0.29, 0.717) is 19.6 Å². The van der Waals surface area contributed by atoms with Gasteiger partial charge in [0.25, 0.3) is 0 Å². The highest BCUT2D eigenvalue weighted by atomic mass is 16.2. The monoisotopic (exact) mass is 348 g/mol. The van der Waals surface area contributed by atoms with Crippen LogP contribution in [0, 0.1) is 17.2 Å². The number of benzene rings is 1. The molecule has 1 aliphatic rings. The van der Waals surface area contributed by atoms with E-state index in [1.54, 1.807) is 22.2 Å². The summed E-state index contributed by atoms with van der Waals surface area (Å²) in [6.45, 7) is 1.11. The molecule has 1 atom stereocenters. The molecule has 2 amide bonds. The van der Waals surface area contributed by atoms with Gasteiger partial charge in [-0.1, -0.05) is 24.3 Å². The molecule has 0 aliphatic carbocycles. The zero-order valence-corrected chi connectivity index (χ0v) is 14.4. The summed E-state index contributed by atoms with van der Waals surface area (Å²) >= 11 is 0. The molecule has 0 saturated carbocycles. The minimum atomic E-state index is -0.391. The van der Waals surface area contributed by atoms with Crippen LogP contribution in [0.1, 0.15) is 18.4 Å². The number of para-hydroxylation sites is 1. The predicted molar refractivity (Wildman–Crippen MR) is 96.8 cm³/mol. The first-order chi connectivity index (χ1) is 12.7. The second-order valence-corrected chi connectivity index (χ2v) is 6.27. The zero-order valence-electron chi connectivity index (χ0n) is 14.4. The molecular weight excluding hydrogens is 328 g/mol. The number of nitriles is 1. The molecule has 132 valence electrons. The van der Waals surface area contributed by atoms with Gasteiger partial charge in [-0.25, -0.2) is 0 Å². The Morgan fingerprint density at radius 3 is 2.77 bits per heavy atom. The summed E-state index contributed by atoms with van der Waals surface area (Å²) in [5.74, 6) is -0.523. The lowest BCUT2D eigenvalue weighted by molar-refractivity contribution is -0.136. The summed E-state index contributed by atoms with van der Waals surface area (Å²) in [5, 5.41) is 8.90. The Kier molecular flexibility index (Phi) is 5.59. The number of hydrogen-bond acceptors (Lipinski definition) is 4. The van der Waals surface area contributed by atoms with Gasteiger partial charge >= 0.3 is 0 Å². The lowest BCUT2D eigenvalue weighted by atomic mass is 10.1. The van der Waals surface area contributed by atoms with E-state index in [2.05, 4.69) is 11.1 Å². The van der Waals surface area contributed by atoms with Crippen molar-refractivity contribution in [2.75, 3.05) is 18.0 Å². The Morgan fingerprint density at radius 1 is 1.27 bits per heavy atom. The van der Waals surface area contributed by atoms with Crippen LogP contribution in [-0.2, 0) is 16.1 Å². The van der Waals surface area contributed by atoms with Crippen LogP contribution < -0.4 is 4.90 Å². The molecule has 1 aromatic carbocycles. The van der Waals surface area contributed by atoms with Crippen LogP contribution in [-0.4, -0.2) is 34.8 Å². The largest absolute Gasteiger partial charge is 0.337 e. The van der Waals surface area contributed by atoms with Gasteiger partial charge in [0.2, 0.25) is 11.8 Å². The minimum Gasteiger partial charge on any atom is -0.337 e. The molecule has 0 radical (unpaired) electrons. The van der Waals surface area contributed by atoms with E-state index in [9.17, 15) is 9.59 Å². The van der Waals surface area contributed by atoms with Crippen molar-refractivity contribution in [1.29, 1.82) is 5.26 Å². The van der Waals surface area contributed by atoms with Gasteiger partial charge in [0.05, 0.1) is 18.4 Å². The standard InChI is InChI=1S/C20H20N4O2/c21-9-5-11-23(14-16-6-4-10-22-13-16)20(26)17-12-19(25)24(15-17)18-7-2-1-3-8-18/h1-4,6-8,10,13,17H,5,11-12,14-15H2/t17-/m1/s1. The van der Waals surface area contributed by atoms with Crippen LogP contribution in [0.15, 0.2) is 54.9 Å². The summed E-state index contributed by atoms with van der Waals surface area (Å²) < 4.78 is 0. The quantitative estimate of drug-likeness (QED) is 0.803. The molecule has 1 aliphatic heterocycles. The molecule has 1 aromatic heterocycles. The third kappa shape index (κ3) is 4.06. The van der Waals surface area contributed by atoms with Gasteiger partial charge in [-0.15, -0.1) is 0 Å². The van der Waals surface area contributed by atoms with Crippen molar-refractivity contribution in [3.8, 4) is 6.07 Å². The fourth-order valence-electron chi connectivity index (χ4n) is 3.15. The van der Waals surface area contributed by atoms with Crippen LogP contribution in [0.4, 0.5) is 5.69 Å². The molecule has 2 aromatic rings. The predicted octanol–water partition coefficient (Wildman–Crippen LogP) is 2.38. The van der Waals surface area contributed by atoms with Crippen molar-refractivity contribution in [3.05, 3.63) is 60.4 Å². The maximum atomic E-state index is 13.0. The van der Waals surface area contributed by atoms with Gasteiger partial charge in [0, 0.05) is 44.1 Å². The first-order valence-corrected chi connectivity index (χ1v) is 8.59. The number of amides is 2. The Morgan fingerprint density at radius 2 is 2.08 bits per heavy atom. The number of nitrogens with zero attached hydrogens (tertiary/aromatic N) is 4. The average molecular weight is 348 g/mol.